The van der Waals surface area contributed by atoms with Crippen LogP contribution >= 0.6 is 0 Å². The Bertz CT molecular complexity index is 1440. The predicted octanol–water partition coefficient (Wildman–Crippen LogP) is 4.61. The standard InChI is InChI=1S/C25H23F2N7/c1-13-29-14(2)34(33-13)23-28-11-9-20(30-23)25-10-8-16(24(25,3)4)15-12-19(31-32-22(15)25)21-17(26)6-5-7-18(21)27/h5-7,9,11-12,16H,8,10H2,1-4H3/t16-,25-/m0/s1. The van der Waals surface area contributed by atoms with Crippen LogP contribution in [0.3, 0.4) is 0 Å². The quantitative estimate of drug-likeness (QED) is 0.445. The van der Waals surface area contributed by atoms with Gasteiger partial charge in [-0.05, 0) is 67.9 Å². The molecule has 172 valence electrons. The molecule has 1 fully saturated rings. The summed E-state index contributed by atoms with van der Waals surface area (Å²) in [4.78, 5) is 13.7. The molecule has 2 bridgehead atoms. The molecular weight excluding hydrogens is 436 g/mol. The van der Waals surface area contributed by atoms with E-state index in [9.17, 15) is 8.78 Å². The van der Waals surface area contributed by atoms with Gasteiger partial charge in [-0.3, -0.25) is 0 Å². The molecule has 0 unspecified atom stereocenters. The average Bonchev–Trinajstić information content (AvgIpc) is 3.35. The number of rotatable bonds is 3. The largest absolute Gasteiger partial charge is 0.252 e. The summed E-state index contributed by atoms with van der Waals surface area (Å²) >= 11 is 0. The maximum Gasteiger partial charge on any atom is 0.252 e. The fourth-order valence-electron chi connectivity index (χ4n) is 6.16. The van der Waals surface area contributed by atoms with Gasteiger partial charge in [0.2, 0.25) is 0 Å². The van der Waals surface area contributed by atoms with Gasteiger partial charge in [0.1, 0.15) is 23.3 Å². The number of hydrogen-bond acceptors (Lipinski definition) is 6. The number of benzene rings is 1. The molecule has 3 aromatic heterocycles. The van der Waals surface area contributed by atoms with Crippen LogP contribution in [0.25, 0.3) is 17.2 Å². The summed E-state index contributed by atoms with van der Waals surface area (Å²) in [6.45, 7) is 8.11. The second kappa shape index (κ2) is 6.94. The van der Waals surface area contributed by atoms with Crippen molar-refractivity contribution in [3.8, 4) is 17.2 Å². The first-order chi connectivity index (χ1) is 16.2. The third-order valence-electron chi connectivity index (χ3n) is 7.75. The van der Waals surface area contributed by atoms with Crippen LogP contribution in [0.1, 0.15) is 61.2 Å². The van der Waals surface area contributed by atoms with Gasteiger partial charge in [0.15, 0.2) is 0 Å². The van der Waals surface area contributed by atoms with E-state index in [4.69, 9.17) is 4.98 Å². The van der Waals surface area contributed by atoms with Crippen molar-refractivity contribution in [3.05, 3.63) is 76.8 Å². The Morgan fingerprint density at radius 3 is 2.50 bits per heavy atom. The van der Waals surface area contributed by atoms with Crippen molar-refractivity contribution in [2.24, 2.45) is 5.41 Å². The van der Waals surface area contributed by atoms with Crippen molar-refractivity contribution >= 4 is 0 Å². The molecule has 0 spiro atoms. The van der Waals surface area contributed by atoms with Crippen LogP contribution in [0, 0.1) is 30.9 Å². The van der Waals surface area contributed by atoms with Crippen molar-refractivity contribution in [3.63, 3.8) is 0 Å². The number of aryl methyl sites for hydroxylation is 2. The van der Waals surface area contributed by atoms with Crippen LogP contribution < -0.4 is 0 Å². The van der Waals surface area contributed by atoms with E-state index in [2.05, 4.69) is 39.1 Å². The predicted molar refractivity (Wildman–Crippen MR) is 120 cm³/mol. The lowest BCUT2D eigenvalue weighted by Crippen LogP contribution is -2.38. The molecule has 3 heterocycles. The van der Waals surface area contributed by atoms with Crippen molar-refractivity contribution in [2.45, 2.75) is 51.9 Å². The van der Waals surface area contributed by atoms with Crippen molar-refractivity contribution in [1.29, 1.82) is 0 Å². The molecule has 0 saturated heterocycles. The summed E-state index contributed by atoms with van der Waals surface area (Å²) < 4.78 is 30.6. The van der Waals surface area contributed by atoms with E-state index in [0.29, 0.717) is 17.6 Å². The Morgan fingerprint density at radius 1 is 1.03 bits per heavy atom. The van der Waals surface area contributed by atoms with Gasteiger partial charge in [0, 0.05) is 6.20 Å². The van der Waals surface area contributed by atoms with E-state index in [-0.39, 0.29) is 22.6 Å². The van der Waals surface area contributed by atoms with Gasteiger partial charge in [0.25, 0.3) is 5.95 Å². The molecule has 1 saturated carbocycles. The molecule has 0 N–H and O–H groups in total. The zero-order valence-corrected chi connectivity index (χ0v) is 19.3. The summed E-state index contributed by atoms with van der Waals surface area (Å²) in [5.41, 5.74) is 2.00. The van der Waals surface area contributed by atoms with Crippen LogP contribution in [-0.4, -0.2) is 34.9 Å². The molecule has 4 aromatic rings. The van der Waals surface area contributed by atoms with E-state index in [1.54, 1.807) is 10.9 Å². The van der Waals surface area contributed by atoms with Gasteiger partial charge >= 0.3 is 0 Å². The lowest BCUT2D eigenvalue weighted by Gasteiger charge is -2.37. The first-order valence-electron chi connectivity index (χ1n) is 11.3. The van der Waals surface area contributed by atoms with Crippen molar-refractivity contribution < 1.29 is 8.78 Å². The van der Waals surface area contributed by atoms with Crippen LogP contribution in [-0.2, 0) is 5.41 Å². The molecule has 2 aliphatic rings. The van der Waals surface area contributed by atoms with Crippen LogP contribution in [0.2, 0.25) is 0 Å². The van der Waals surface area contributed by atoms with Gasteiger partial charge in [0.05, 0.1) is 28.1 Å². The van der Waals surface area contributed by atoms with Crippen molar-refractivity contribution in [2.75, 3.05) is 0 Å². The molecule has 1 aromatic carbocycles. The summed E-state index contributed by atoms with van der Waals surface area (Å²) in [5, 5.41) is 13.3. The smallest absolute Gasteiger partial charge is 0.220 e. The summed E-state index contributed by atoms with van der Waals surface area (Å²) in [6, 6.07) is 7.56. The topological polar surface area (TPSA) is 82.3 Å². The van der Waals surface area contributed by atoms with Gasteiger partial charge in [-0.15, -0.1) is 10.2 Å². The summed E-state index contributed by atoms with van der Waals surface area (Å²) in [7, 11) is 0. The molecule has 0 amide bonds. The van der Waals surface area contributed by atoms with Gasteiger partial charge in [-0.2, -0.15) is 9.78 Å². The second-order valence-electron chi connectivity index (χ2n) is 9.71. The Labute approximate surface area is 195 Å². The maximum absolute atomic E-state index is 14.5. The highest BCUT2D eigenvalue weighted by molar-refractivity contribution is 5.64. The van der Waals surface area contributed by atoms with Crippen LogP contribution in [0.15, 0.2) is 36.5 Å². The average molecular weight is 460 g/mol. The van der Waals surface area contributed by atoms with E-state index in [1.807, 2.05) is 26.0 Å². The van der Waals surface area contributed by atoms with E-state index < -0.39 is 17.0 Å². The number of aromatic nitrogens is 7. The number of fused-ring (bicyclic) bond motifs is 5. The van der Waals surface area contributed by atoms with Crippen LogP contribution in [0.5, 0.6) is 0 Å². The van der Waals surface area contributed by atoms with Crippen molar-refractivity contribution in [1.82, 2.24) is 34.9 Å². The number of hydrogen-bond donors (Lipinski definition) is 0. The van der Waals surface area contributed by atoms with E-state index in [0.717, 1.165) is 29.8 Å². The fourth-order valence-corrected chi connectivity index (χ4v) is 6.16. The maximum atomic E-state index is 14.5. The molecule has 9 heteroatoms. The van der Waals surface area contributed by atoms with Gasteiger partial charge < -0.3 is 0 Å². The first kappa shape index (κ1) is 20.9. The SMILES string of the molecule is Cc1nc(C)n(-c2nccc([C@@]34CC[C@@H](c5cc(-c6c(F)cccc6F)nnc53)C4(C)C)n2)n1. The van der Waals surface area contributed by atoms with E-state index >= 15 is 0 Å². The normalized spacial score (nSPS) is 22.2. The minimum absolute atomic E-state index is 0.145. The Hall–Kier alpha value is -3.62. The molecule has 2 atom stereocenters. The molecule has 34 heavy (non-hydrogen) atoms. The highest BCUT2D eigenvalue weighted by Crippen LogP contribution is 2.69. The third kappa shape index (κ3) is 2.60. The Kier molecular flexibility index (Phi) is 4.28. The minimum atomic E-state index is -0.648. The second-order valence-corrected chi connectivity index (χ2v) is 9.71. The fraction of sp³-hybridized carbons (Fsp3) is 0.360. The molecule has 0 radical (unpaired) electrons. The lowest BCUT2D eigenvalue weighted by molar-refractivity contribution is 0.242. The highest BCUT2D eigenvalue weighted by atomic mass is 19.1. The van der Waals surface area contributed by atoms with E-state index in [1.165, 1.54) is 18.2 Å². The molecule has 2 aliphatic carbocycles. The molecular formula is C25H23F2N7. The number of nitrogens with zero attached hydrogens (tertiary/aromatic N) is 7. The Balaban J connectivity index is 1.53. The molecule has 7 nitrogen and oxygen atoms in total. The minimum Gasteiger partial charge on any atom is -0.220 e. The van der Waals surface area contributed by atoms with Crippen LogP contribution in [0.4, 0.5) is 8.78 Å². The zero-order chi connectivity index (χ0) is 23.8. The number of halogens is 2. The molecule has 6 rings (SSSR count). The highest BCUT2D eigenvalue weighted by Gasteiger charge is 2.65. The third-order valence-corrected chi connectivity index (χ3v) is 7.75. The van der Waals surface area contributed by atoms with Gasteiger partial charge in [-0.25, -0.2) is 23.7 Å². The monoisotopic (exact) mass is 459 g/mol. The Morgan fingerprint density at radius 2 is 1.79 bits per heavy atom. The zero-order valence-electron chi connectivity index (χ0n) is 19.3. The first-order valence-corrected chi connectivity index (χ1v) is 11.3. The summed E-state index contributed by atoms with van der Waals surface area (Å²) in [6.07, 6.45) is 3.51. The summed E-state index contributed by atoms with van der Waals surface area (Å²) in [5.74, 6) is 0.682. The van der Waals surface area contributed by atoms with Gasteiger partial charge in [-0.1, -0.05) is 19.9 Å². The molecule has 0 aliphatic heterocycles. The lowest BCUT2D eigenvalue weighted by atomic mass is 9.66.